The van der Waals surface area contributed by atoms with Gasteiger partial charge in [0.25, 0.3) is 0 Å². The van der Waals surface area contributed by atoms with Gasteiger partial charge in [-0.25, -0.2) is 27.2 Å². The maximum Gasteiger partial charge on any atom is 0.249 e. The largest absolute Gasteiger partial charge is 0.481 e. The van der Waals surface area contributed by atoms with E-state index in [0.717, 1.165) is 24.1 Å². The van der Waals surface area contributed by atoms with Crippen molar-refractivity contribution in [2.75, 3.05) is 30.7 Å². The van der Waals surface area contributed by atoms with Gasteiger partial charge in [0, 0.05) is 31.3 Å². The highest BCUT2D eigenvalue weighted by Gasteiger charge is 2.65. The van der Waals surface area contributed by atoms with Crippen molar-refractivity contribution >= 4 is 15.8 Å². The van der Waals surface area contributed by atoms with E-state index < -0.39 is 26.9 Å². The van der Waals surface area contributed by atoms with Crippen molar-refractivity contribution in [3.63, 3.8) is 0 Å². The maximum atomic E-state index is 14.6. The van der Waals surface area contributed by atoms with Crippen LogP contribution in [-0.4, -0.2) is 59.3 Å². The van der Waals surface area contributed by atoms with E-state index in [1.165, 1.54) is 31.6 Å². The normalized spacial score (nSPS) is 22.7. The summed E-state index contributed by atoms with van der Waals surface area (Å²) in [6.45, 7) is 4.56. The molecular weight excluding hydrogens is 540 g/mol. The Morgan fingerprint density at radius 2 is 1.88 bits per heavy atom. The van der Waals surface area contributed by atoms with Crippen LogP contribution in [0.5, 0.6) is 5.88 Å². The van der Waals surface area contributed by atoms with Gasteiger partial charge in [-0.3, -0.25) is 5.01 Å². The molecule has 0 unspecified atom stereocenters. The molecule has 1 N–H and O–H groups in total. The molecule has 10 nitrogen and oxygen atoms in total. The first-order valence-corrected chi connectivity index (χ1v) is 14.9. The van der Waals surface area contributed by atoms with E-state index in [1.54, 1.807) is 34.6 Å². The Kier molecular flexibility index (Phi) is 6.07. The van der Waals surface area contributed by atoms with Gasteiger partial charge in [0.05, 0.1) is 40.9 Å². The minimum Gasteiger partial charge on any atom is -0.481 e. The molecule has 0 radical (unpaired) electrons. The number of ether oxygens (including phenoxy) is 1. The Labute approximate surface area is 231 Å². The molecule has 40 heavy (non-hydrogen) atoms. The lowest BCUT2D eigenvalue weighted by molar-refractivity contribution is 0.241. The minimum absolute atomic E-state index is 0.0185. The first-order valence-electron chi connectivity index (χ1n) is 12.9. The fourth-order valence-electron chi connectivity index (χ4n) is 6.45. The van der Waals surface area contributed by atoms with Gasteiger partial charge in [-0.15, -0.1) is 10.6 Å². The molecule has 3 heterocycles. The predicted molar refractivity (Wildman–Crippen MR) is 144 cm³/mol. The number of hydrazine groups is 2. The number of aromatic nitrogens is 4. The fourth-order valence-corrected chi connectivity index (χ4v) is 6.98. The number of sulfone groups is 1. The highest BCUT2D eigenvalue weighted by Crippen LogP contribution is 2.69. The molecule has 2 aromatic heterocycles. The lowest BCUT2D eigenvalue weighted by atomic mass is 9.66. The molecule has 1 aliphatic heterocycles. The van der Waals surface area contributed by atoms with Crippen LogP contribution in [-0.2, 0) is 15.3 Å². The molecule has 1 fully saturated rings. The van der Waals surface area contributed by atoms with E-state index in [9.17, 15) is 17.2 Å². The molecule has 0 amide bonds. The van der Waals surface area contributed by atoms with E-state index in [4.69, 9.17) is 9.72 Å². The Morgan fingerprint density at radius 1 is 1.12 bits per heavy atom. The van der Waals surface area contributed by atoms with Crippen LogP contribution in [0.3, 0.4) is 0 Å². The molecule has 3 aromatic rings. The Morgan fingerprint density at radius 3 is 2.58 bits per heavy atom. The third-order valence-corrected chi connectivity index (χ3v) is 9.41. The van der Waals surface area contributed by atoms with Gasteiger partial charge < -0.3 is 4.74 Å². The summed E-state index contributed by atoms with van der Waals surface area (Å²) >= 11 is 0. The van der Waals surface area contributed by atoms with Crippen LogP contribution in [0.25, 0.3) is 11.3 Å². The Bertz CT molecular complexity index is 1630. The van der Waals surface area contributed by atoms with Crippen LogP contribution >= 0.6 is 0 Å². The molecule has 2 bridgehead atoms. The van der Waals surface area contributed by atoms with E-state index in [2.05, 4.69) is 34.6 Å². The van der Waals surface area contributed by atoms with Gasteiger partial charge in [0.15, 0.2) is 0 Å². The summed E-state index contributed by atoms with van der Waals surface area (Å²) in [5, 5.41) is 12.1. The fraction of sp³-hybridized carbons (Fsp3) is 0.407. The average Bonchev–Trinajstić information content (AvgIpc) is 3.54. The zero-order chi connectivity index (χ0) is 28.4. The van der Waals surface area contributed by atoms with Gasteiger partial charge in [-0.1, -0.05) is 19.9 Å². The average molecular weight is 570 g/mol. The van der Waals surface area contributed by atoms with E-state index in [-0.39, 0.29) is 34.9 Å². The molecule has 0 spiro atoms. The summed E-state index contributed by atoms with van der Waals surface area (Å²) in [6, 6.07) is 7.31. The highest BCUT2D eigenvalue weighted by molar-refractivity contribution is 7.90. The topological polar surface area (TPSA) is 113 Å². The molecule has 1 aromatic carbocycles. The van der Waals surface area contributed by atoms with E-state index in [0.29, 0.717) is 17.5 Å². The molecule has 2 aliphatic carbocycles. The van der Waals surface area contributed by atoms with Gasteiger partial charge in [0.2, 0.25) is 11.8 Å². The van der Waals surface area contributed by atoms with E-state index in [1.807, 2.05) is 0 Å². The quantitative estimate of drug-likeness (QED) is 0.454. The van der Waals surface area contributed by atoms with Crippen LogP contribution in [0.4, 0.5) is 14.7 Å². The summed E-state index contributed by atoms with van der Waals surface area (Å²) in [6.07, 6.45) is 6.20. The van der Waals surface area contributed by atoms with Crippen molar-refractivity contribution in [1.82, 2.24) is 30.7 Å². The number of halogens is 2. The lowest BCUT2D eigenvalue weighted by Gasteiger charge is -2.37. The minimum atomic E-state index is -3.14. The summed E-state index contributed by atoms with van der Waals surface area (Å²) in [4.78, 5) is 9.47. The standard InChI is InChI=1S/C27H29F2N7O3S/c1-26(2)17-8-9-27(26,24-16(17)14-20(32-33-24)23-18(28)6-5-7-19(23)29)21-15-22(39-3)31-25(30-21)36-11-10-35(34-36)12-13-40(4,37)38/h5-7,10-11,14-15,17,34H,8-9,12-13H2,1-4H3/t17-,27-/m0/s1. The molecule has 2 atom stereocenters. The number of nitrogens with zero attached hydrogens (tertiary/aromatic N) is 6. The summed E-state index contributed by atoms with van der Waals surface area (Å²) in [5.41, 5.74) is 4.41. The Hall–Kier alpha value is -3.71. The van der Waals surface area contributed by atoms with Crippen LogP contribution in [0.15, 0.2) is 42.7 Å². The van der Waals surface area contributed by atoms with Crippen LogP contribution in [0.2, 0.25) is 0 Å². The molecule has 210 valence electrons. The first-order chi connectivity index (χ1) is 18.9. The monoisotopic (exact) mass is 569 g/mol. The summed E-state index contributed by atoms with van der Waals surface area (Å²) < 4.78 is 57.9. The van der Waals surface area contributed by atoms with Crippen LogP contribution in [0, 0.1) is 17.0 Å². The zero-order valence-electron chi connectivity index (χ0n) is 22.5. The number of benzene rings is 1. The molecule has 6 rings (SSSR count). The molecule has 0 saturated heterocycles. The molecule has 3 aliphatic rings. The van der Waals surface area contributed by atoms with Crippen molar-refractivity contribution in [1.29, 1.82) is 0 Å². The SMILES string of the molecule is COc1cc([C@@]23CC[C@@H](c4cc(-c5c(F)cccc5F)nnc42)C3(C)C)nc(N2C=CN(CCS(C)(=O)=O)N2)n1. The zero-order valence-corrected chi connectivity index (χ0v) is 23.3. The second-order valence-corrected chi connectivity index (χ2v) is 13.3. The molecule has 13 heteroatoms. The van der Waals surface area contributed by atoms with Crippen molar-refractivity contribution in [3.8, 4) is 17.1 Å². The van der Waals surface area contributed by atoms with Gasteiger partial charge >= 0.3 is 0 Å². The van der Waals surface area contributed by atoms with Crippen molar-refractivity contribution in [3.05, 3.63) is 71.3 Å². The number of nitrogens with one attached hydrogen (secondary N) is 1. The summed E-state index contributed by atoms with van der Waals surface area (Å²) in [7, 11) is -1.61. The second-order valence-electron chi connectivity index (χ2n) is 11.0. The van der Waals surface area contributed by atoms with E-state index >= 15 is 0 Å². The maximum absolute atomic E-state index is 14.6. The third kappa shape index (κ3) is 4.01. The Balaban J connectivity index is 1.41. The number of methoxy groups -OCH3 is 1. The molecular formula is C27H29F2N7O3S. The van der Waals surface area contributed by atoms with Gasteiger partial charge in [0.1, 0.15) is 21.5 Å². The second kappa shape index (κ2) is 9.16. The summed E-state index contributed by atoms with van der Waals surface area (Å²) in [5.74, 6) is -0.652. The van der Waals surface area contributed by atoms with Crippen molar-refractivity contribution in [2.45, 2.75) is 38.0 Å². The highest BCUT2D eigenvalue weighted by atomic mass is 32.2. The number of anilines is 1. The predicted octanol–water partition coefficient (Wildman–Crippen LogP) is 3.48. The van der Waals surface area contributed by atoms with Gasteiger partial charge in [-0.2, -0.15) is 10.1 Å². The lowest BCUT2D eigenvalue weighted by Crippen LogP contribution is -2.43. The molecule has 1 saturated carbocycles. The number of hydrogen-bond acceptors (Lipinski definition) is 10. The smallest absolute Gasteiger partial charge is 0.249 e. The first kappa shape index (κ1) is 26.5. The van der Waals surface area contributed by atoms with Crippen LogP contribution < -0.4 is 15.3 Å². The third-order valence-electron chi connectivity index (χ3n) is 8.49. The van der Waals surface area contributed by atoms with Crippen molar-refractivity contribution < 1.29 is 21.9 Å². The number of rotatable bonds is 7. The number of hydrogen-bond donors (Lipinski definition) is 1. The number of fused-ring (bicyclic) bond motifs is 5. The van der Waals surface area contributed by atoms with Crippen LogP contribution in [0.1, 0.15) is 49.6 Å². The van der Waals surface area contributed by atoms with Gasteiger partial charge in [-0.05, 0) is 47.9 Å². The van der Waals surface area contributed by atoms with Crippen molar-refractivity contribution in [2.24, 2.45) is 5.41 Å².